The minimum atomic E-state index is 0.106. The molecule has 0 atom stereocenters. The maximum atomic E-state index is 9.15. The van der Waals surface area contributed by atoms with Crippen molar-refractivity contribution in [2.45, 2.75) is 6.04 Å². The molecule has 0 spiro atoms. The molecule has 29 heavy (non-hydrogen) atoms. The minimum Gasteiger partial charge on any atom is -0.395 e. The predicted octanol–water partition coefficient (Wildman–Crippen LogP) is 4.00. The molecular weight excluding hydrogens is 358 g/mol. The molecule has 0 bridgehead atoms. The predicted molar refractivity (Wildman–Crippen MR) is 121 cm³/mol. The van der Waals surface area contributed by atoms with Gasteiger partial charge in [0.05, 0.1) is 12.6 Å². The monoisotopic (exact) mass is 387 g/mol. The Morgan fingerprint density at radius 1 is 0.759 bits per heavy atom. The number of β-amino-alcohol motifs (C(OH)–C–C–N with tert-alkyl or cyclic N) is 1. The summed E-state index contributed by atoms with van der Waals surface area (Å²) in [5.74, 6) is 0. The van der Waals surface area contributed by atoms with Crippen LogP contribution in [-0.4, -0.2) is 49.3 Å². The molecule has 150 valence electrons. The van der Waals surface area contributed by atoms with Crippen molar-refractivity contribution in [2.24, 2.45) is 0 Å². The van der Waals surface area contributed by atoms with Gasteiger partial charge in [-0.15, -0.1) is 0 Å². The minimum absolute atomic E-state index is 0.106. The average molecular weight is 388 g/mol. The maximum absolute atomic E-state index is 9.15. The number of hydrogen-bond acceptors (Lipinski definition) is 4. The molecule has 0 amide bonds. The first kappa shape index (κ1) is 19.5. The number of rotatable bonds is 7. The molecule has 1 fully saturated rings. The van der Waals surface area contributed by atoms with Crippen LogP contribution in [0.25, 0.3) is 0 Å². The summed E-state index contributed by atoms with van der Waals surface area (Å²) in [4.78, 5) is 4.75. The topological polar surface area (TPSA) is 38.7 Å². The van der Waals surface area contributed by atoms with E-state index >= 15 is 0 Å². The van der Waals surface area contributed by atoms with Gasteiger partial charge in [0.1, 0.15) is 0 Å². The van der Waals surface area contributed by atoms with Gasteiger partial charge < -0.3 is 15.3 Å². The summed E-state index contributed by atoms with van der Waals surface area (Å²) in [6.07, 6.45) is 0. The molecular formula is C25H29N3O. The zero-order chi connectivity index (χ0) is 19.9. The Labute approximate surface area is 173 Å². The van der Waals surface area contributed by atoms with E-state index in [9.17, 15) is 0 Å². The summed E-state index contributed by atoms with van der Waals surface area (Å²) < 4.78 is 0. The van der Waals surface area contributed by atoms with Crippen LogP contribution in [0.4, 0.5) is 11.4 Å². The first-order valence-corrected chi connectivity index (χ1v) is 10.4. The van der Waals surface area contributed by atoms with E-state index in [0.29, 0.717) is 0 Å². The molecule has 3 aromatic rings. The van der Waals surface area contributed by atoms with Crippen LogP contribution in [0.2, 0.25) is 0 Å². The molecule has 3 aromatic carbocycles. The van der Waals surface area contributed by atoms with Crippen molar-refractivity contribution >= 4 is 11.4 Å². The Bertz CT molecular complexity index is 837. The number of anilines is 2. The van der Waals surface area contributed by atoms with Gasteiger partial charge in [-0.3, -0.25) is 4.90 Å². The number of benzene rings is 3. The van der Waals surface area contributed by atoms with Gasteiger partial charge in [-0.05, 0) is 29.3 Å². The van der Waals surface area contributed by atoms with E-state index in [0.717, 1.165) is 38.4 Å². The second kappa shape index (κ2) is 9.59. The Morgan fingerprint density at radius 3 is 1.97 bits per heavy atom. The van der Waals surface area contributed by atoms with Crippen molar-refractivity contribution in [2.75, 3.05) is 49.5 Å². The first-order valence-electron chi connectivity index (χ1n) is 10.4. The summed E-state index contributed by atoms with van der Waals surface area (Å²) in [5.41, 5.74) is 4.87. The van der Waals surface area contributed by atoms with E-state index in [2.05, 4.69) is 100 Å². The van der Waals surface area contributed by atoms with Gasteiger partial charge in [-0.1, -0.05) is 66.7 Å². The number of aliphatic hydroxyl groups is 1. The second-order valence-electron chi connectivity index (χ2n) is 7.50. The largest absolute Gasteiger partial charge is 0.395 e. The highest BCUT2D eigenvalue weighted by Crippen LogP contribution is 2.29. The molecule has 1 saturated heterocycles. The van der Waals surface area contributed by atoms with E-state index < -0.39 is 0 Å². The van der Waals surface area contributed by atoms with Crippen molar-refractivity contribution < 1.29 is 5.11 Å². The van der Waals surface area contributed by atoms with Crippen LogP contribution in [0.3, 0.4) is 0 Å². The Balaban J connectivity index is 1.53. The lowest BCUT2D eigenvalue weighted by atomic mass is 9.98. The van der Waals surface area contributed by atoms with Gasteiger partial charge in [0.2, 0.25) is 0 Å². The van der Waals surface area contributed by atoms with E-state index in [-0.39, 0.29) is 12.6 Å². The quantitative estimate of drug-likeness (QED) is 0.643. The maximum Gasteiger partial charge on any atom is 0.0767 e. The van der Waals surface area contributed by atoms with Gasteiger partial charge in [0.25, 0.3) is 0 Å². The van der Waals surface area contributed by atoms with Crippen LogP contribution in [0.1, 0.15) is 17.2 Å². The van der Waals surface area contributed by atoms with Crippen molar-refractivity contribution in [3.63, 3.8) is 0 Å². The SMILES string of the molecule is OCCN1CCN(c2cccc(NC(c3ccccc3)c3ccccc3)c2)CC1. The van der Waals surface area contributed by atoms with E-state index in [1.807, 2.05) is 0 Å². The molecule has 2 N–H and O–H groups in total. The highest BCUT2D eigenvalue weighted by Gasteiger charge is 2.18. The van der Waals surface area contributed by atoms with E-state index in [1.165, 1.54) is 16.8 Å². The lowest BCUT2D eigenvalue weighted by molar-refractivity contribution is 0.189. The van der Waals surface area contributed by atoms with Crippen molar-refractivity contribution in [3.8, 4) is 0 Å². The third-order valence-electron chi connectivity index (χ3n) is 5.58. The first-order chi connectivity index (χ1) is 14.3. The summed E-state index contributed by atoms with van der Waals surface area (Å²) in [6, 6.07) is 30.0. The summed E-state index contributed by atoms with van der Waals surface area (Å²) in [5, 5.41) is 12.9. The molecule has 1 heterocycles. The summed E-state index contributed by atoms with van der Waals surface area (Å²) in [7, 11) is 0. The van der Waals surface area contributed by atoms with E-state index in [4.69, 9.17) is 5.11 Å². The van der Waals surface area contributed by atoms with Gasteiger partial charge in [-0.2, -0.15) is 0 Å². The molecule has 4 rings (SSSR count). The van der Waals surface area contributed by atoms with Crippen LogP contribution < -0.4 is 10.2 Å². The molecule has 1 aliphatic rings. The van der Waals surface area contributed by atoms with Crippen molar-refractivity contribution in [1.29, 1.82) is 0 Å². The molecule has 0 saturated carbocycles. The lowest BCUT2D eigenvalue weighted by Gasteiger charge is -2.36. The molecule has 4 heteroatoms. The van der Waals surface area contributed by atoms with Crippen LogP contribution in [0.5, 0.6) is 0 Å². The highest BCUT2D eigenvalue weighted by molar-refractivity contribution is 5.60. The second-order valence-corrected chi connectivity index (χ2v) is 7.50. The van der Waals surface area contributed by atoms with Gasteiger partial charge in [-0.25, -0.2) is 0 Å². The van der Waals surface area contributed by atoms with Crippen LogP contribution in [0.15, 0.2) is 84.9 Å². The average Bonchev–Trinajstić information content (AvgIpc) is 2.80. The zero-order valence-electron chi connectivity index (χ0n) is 16.7. The third kappa shape index (κ3) is 4.97. The number of nitrogens with one attached hydrogen (secondary N) is 1. The molecule has 4 nitrogen and oxygen atoms in total. The lowest BCUT2D eigenvalue weighted by Crippen LogP contribution is -2.47. The normalized spacial score (nSPS) is 14.9. The molecule has 0 aliphatic carbocycles. The Hall–Kier alpha value is -2.82. The Kier molecular flexibility index (Phi) is 6.45. The molecule has 1 aliphatic heterocycles. The third-order valence-corrected chi connectivity index (χ3v) is 5.58. The van der Waals surface area contributed by atoms with Crippen LogP contribution in [0, 0.1) is 0 Å². The van der Waals surface area contributed by atoms with Crippen LogP contribution >= 0.6 is 0 Å². The van der Waals surface area contributed by atoms with Gasteiger partial charge in [0, 0.05) is 44.1 Å². The van der Waals surface area contributed by atoms with Crippen LogP contribution in [-0.2, 0) is 0 Å². The fourth-order valence-electron chi connectivity index (χ4n) is 3.98. The number of nitrogens with zero attached hydrogens (tertiary/aromatic N) is 2. The molecule has 0 aromatic heterocycles. The highest BCUT2D eigenvalue weighted by atomic mass is 16.3. The van der Waals surface area contributed by atoms with Gasteiger partial charge in [0.15, 0.2) is 0 Å². The fraction of sp³-hybridized carbons (Fsp3) is 0.280. The van der Waals surface area contributed by atoms with E-state index in [1.54, 1.807) is 0 Å². The van der Waals surface area contributed by atoms with Crippen molar-refractivity contribution in [3.05, 3.63) is 96.1 Å². The number of piperazine rings is 1. The van der Waals surface area contributed by atoms with Crippen molar-refractivity contribution in [1.82, 2.24) is 4.90 Å². The number of aliphatic hydroxyl groups excluding tert-OH is 1. The fourth-order valence-corrected chi connectivity index (χ4v) is 3.98. The number of hydrogen-bond donors (Lipinski definition) is 2. The zero-order valence-corrected chi connectivity index (χ0v) is 16.7. The van der Waals surface area contributed by atoms with Gasteiger partial charge >= 0.3 is 0 Å². The summed E-state index contributed by atoms with van der Waals surface area (Å²) in [6.45, 7) is 4.98. The molecule has 0 unspecified atom stereocenters. The smallest absolute Gasteiger partial charge is 0.0767 e. The molecule has 0 radical (unpaired) electrons. The standard InChI is InChI=1S/C25H29N3O/c29-19-18-27-14-16-28(17-15-27)24-13-7-12-23(20-24)26-25(21-8-3-1-4-9-21)22-10-5-2-6-11-22/h1-13,20,25-26,29H,14-19H2. The summed E-state index contributed by atoms with van der Waals surface area (Å²) >= 11 is 0. The Morgan fingerprint density at radius 2 is 1.38 bits per heavy atom.